The van der Waals surface area contributed by atoms with Crippen LogP contribution in [0.25, 0.3) is 11.1 Å². The lowest BCUT2D eigenvalue weighted by Crippen LogP contribution is -2.34. The first-order valence-electron chi connectivity index (χ1n) is 8.03. The summed E-state index contributed by atoms with van der Waals surface area (Å²) in [6.07, 6.45) is 0. The van der Waals surface area contributed by atoms with Gasteiger partial charge < -0.3 is 9.64 Å². The van der Waals surface area contributed by atoms with Gasteiger partial charge in [-0.3, -0.25) is 9.59 Å². The molecule has 1 amide bonds. The van der Waals surface area contributed by atoms with Crippen LogP contribution in [-0.4, -0.2) is 37.5 Å². The number of amides is 1. The highest BCUT2D eigenvalue weighted by Gasteiger charge is 2.21. The van der Waals surface area contributed by atoms with Gasteiger partial charge in [0.15, 0.2) is 0 Å². The van der Waals surface area contributed by atoms with Gasteiger partial charge >= 0.3 is 5.97 Å². The number of carbonyl (C=O) groups excluding carboxylic acids is 2. The molecule has 2 aromatic rings. The molecule has 1 atom stereocenters. The van der Waals surface area contributed by atoms with Crippen LogP contribution < -0.4 is 0 Å². The highest BCUT2D eigenvalue weighted by Crippen LogP contribution is 2.23. The molecule has 0 aromatic heterocycles. The number of carbonyl (C=O) groups is 2. The molecule has 0 saturated carbocycles. The zero-order chi connectivity index (χ0) is 18.6. The van der Waals surface area contributed by atoms with E-state index in [9.17, 15) is 14.0 Å². The van der Waals surface area contributed by atoms with E-state index in [1.165, 1.54) is 31.2 Å². The molecule has 4 nitrogen and oxygen atoms in total. The van der Waals surface area contributed by atoms with Gasteiger partial charge in [0.1, 0.15) is 5.82 Å². The summed E-state index contributed by atoms with van der Waals surface area (Å²) in [5.74, 6) is -1.94. The second-order valence-corrected chi connectivity index (χ2v) is 6.17. The van der Waals surface area contributed by atoms with E-state index in [4.69, 9.17) is 0 Å². The van der Waals surface area contributed by atoms with Crippen molar-refractivity contribution >= 4 is 11.9 Å². The van der Waals surface area contributed by atoms with E-state index in [1.54, 1.807) is 13.0 Å². The molecular formula is C20H22FNO3. The summed E-state index contributed by atoms with van der Waals surface area (Å²) in [7, 11) is 2.83. The number of aryl methyl sites for hydroxylation is 1. The number of benzene rings is 2. The number of nitrogens with zero attached hydrogens (tertiary/aromatic N) is 1. The van der Waals surface area contributed by atoms with E-state index in [0.29, 0.717) is 5.56 Å². The van der Waals surface area contributed by atoms with Crippen molar-refractivity contribution in [2.45, 2.75) is 13.8 Å². The van der Waals surface area contributed by atoms with E-state index in [1.807, 2.05) is 31.2 Å². The molecule has 2 aromatic carbocycles. The third kappa shape index (κ3) is 4.44. The first-order chi connectivity index (χ1) is 11.8. The zero-order valence-corrected chi connectivity index (χ0v) is 14.9. The van der Waals surface area contributed by atoms with Crippen molar-refractivity contribution in [3.63, 3.8) is 0 Å². The predicted octanol–water partition coefficient (Wildman–Crippen LogP) is 3.68. The third-order valence-corrected chi connectivity index (χ3v) is 4.08. The number of ether oxygens (including phenoxy) is 1. The van der Waals surface area contributed by atoms with Crippen molar-refractivity contribution < 1.29 is 18.7 Å². The summed E-state index contributed by atoms with van der Waals surface area (Å²) in [6, 6.07) is 12.3. The molecule has 1 unspecified atom stereocenters. The van der Waals surface area contributed by atoms with Crippen molar-refractivity contribution in [1.29, 1.82) is 0 Å². The molecule has 2 rings (SSSR count). The van der Waals surface area contributed by atoms with Crippen LogP contribution >= 0.6 is 0 Å². The third-order valence-electron chi connectivity index (χ3n) is 4.08. The Kier molecular flexibility index (Phi) is 5.91. The van der Waals surface area contributed by atoms with Crippen LogP contribution in [0.2, 0.25) is 0 Å². The normalized spacial score (nSPS) is 11.7. The number of rotatable bonds is 5. The van der Waals surface area contributed by atoms with Crippen LogP contribution in [-0.2, 0) is 9.53 Å². The highest BCUT2D eigenvalue weighted by atomic mass is 19.1. The maximum absolute atomic E-state index is 14.4. The van der Waals surface area contributed by atoms with Gasteiger partial charge in [-0.15, -0.1) is 0 Å². The Bertz CT molecular complexity index is 771. The van der Waals surface area contributed by atoms with Crippen molar-refractivity contribution in [3.8, 4) is 11.1 Å². The molecule has 25 heavy (non-hydrogen) atoms. The molecule has 5 heteroatoms. The zero-order valence-electron chi connectivity index (χ0n) is 14.9. The number of hydrogen-bond donors (Lipinski definition) is 0. The quantitative estimate of drug-likeness (QED) is 0.778. The Labute approximate surface area is 147 Å². The minimum atomic E-state index is -0.583. The van der Waals surface area contributed by atoms with Crippen molar-refractivity contribution in [1.82, 2.24) is 4.90 Å². The van der Waals surface area contributed by atoms with Crippen LogP contribution in [0.3, 0.4) is 0 Å². The summed E-state index contributed by atoms with van der Waals surface area (Å²) in [4.78, 5) is 25.2. The van der Waals surface area contributed by atoms with Crippen LogP contribution in [0, 0.1) is 18.7 Å². The van der Waals surface area contributed by atoms with Gasteiger partial charge in [-0.1, -0.05) is 42.8 Å². The fourth-order valence-electron chi connectivity index (χ4n) is 2.59. The van der Waals surface area contributed by atoms with Crippen molar-refractivity contribution in [3.05, 3.63) is 59.4 Å². The van der Waals surface area contributed by atoms with Gasteiger partial charge in [0.2, 0.25) is 0 Å². The van der Waals surface area contributed by atoms with E-state index < -0.39 is 23.6 Å². The van der Waals surface area contributed by atoms with Gasteiger partial charge in [-0.05, 0) is 30.2 Å². The number of halogens is 1. The molecule has 132 valence electrons. The summed E-state index contributed by atoms with van der Waals surface area (Å²) >= 11 is 0. The van der Waals surface area contributed by atoms with Crippen molar-refractivity contribution in [2.75, 3.05) is 20.7 Å². The number of methoxy groups -OCH3 is 1. The van der Waals surface area contributed by atoms with Gasteiger partial charge in [0, 0.05) is 13.6 Å². The minimum Gasteiger partial charge on any atom is -0.469 e. The van der Waals surface area contributed by atoms with Gasteiger partial charge in [0.05, 0.1) is 18.6 Å². The van der Waals surface area contributed by atoms with E-state index in [-0.39, 0.29) is 12.1 Å². The molecule has 0 saturated heterocycles. The smallest absolute Gasteiger partial charge is 0.310 e. The maximum Gasteiger partial charge on any atom is 0.310 e. The average molecular weight is 343 g/mol. The maximum atomic E-state index is 14.4. The van der Waals surface area contributed by atoms with E-state index >= 15 is 0 Å². The average Bonchev–Trinajstić information content (AvgIpc) is 2.60. The molecule has 0 fully saturated rings. The lowest BCUT2D eigenvalue weighted by Gasteiger charge is -2.20. The molecule has 0 heterocycles. The highest BCUT2D eigenvalue weighted by molar-refractivity contribution is 5.95. The van der Waals surface area contributed by atoms with Gasteiger partial charge in [-0.25, -0.2) is 4.39 Å². The van der Waals surface area contributed by atoms with Crippen LogP contribution in [0.1, 0.15) is 22.8 Å². The van der Waals surface area contributed by atoms with Gasteiger partial charge in [-0.2, -0.15) is 0 Å². The lowest BCUT2D eigenvalue weighted by molar-refractivity contribution is -0.145. The molecule has 0 N–H and O–H groups in total. The Morgan fingerprint density at radius 1 is 1.12 bits per heavy atom. The first kappa shape index (κ1) is 18.6. The number of hydrogen-bond acceptors (Lipinski definition) is 3. The second kappa shape index (κ2) is 7.92. The molecule has 0 aliphatic carbocycles. The van der Waals surface area contributed by atoms with Crippen LogP contribution in [0.5, 0.6) is 0 Å². The second-order valence-electron chi connectivity index (χ2n) is 6.17. The molecule has 0 aliphatic rings. The molecule has 0 spiro atoms. The summed E-state index contributed by atoms with van der Waals surface area (Å²) in [5, 5.41) is 0. The molecule has 0 aliphatic heterocycles. The largest absolute Gasteiger partial charge is 0.469 e. The first-order valence-corrected chi connectivity index (χ1v) is 8.03. The standard InChI is InChI=1S/C20H22FNO3/c1-13-5-7-15(8-6-13)16-9-10-17(18(21)11-16)19(23)22(3)12-14(2)20(24)25-4/h5-11,14H,12H2,1-4H3. The van der Waals surface area contributed by atoms with Crippen molar-refractivity contribution in [2.24, 2.45) is 5.92 Å². The molecule has 0 radical (unpaired) electrons. The SMILES string of the molecule is COC(=O)C(C)CN(C)C(=O)c1ccc(-c2ccc(C)cc2)cc1F. The van der Waals surface area contributed by atoms with Crippen LogP contribution in [0.15, 0.2) is 42.5 Å². The monoisotopic (exact) mass is 343 g/mol. The lowest BCUT2D eigenvalue weighted by atomic mass is 10.0. The Morgan fingerprint density at radius 3 is 2.28 bits per heavy atom. The number of esters is 1. The topological polar surface area (TPSA) is 46.6 Å². The Balaban J connectivity index is 2.18. The molecular weight excluding hydrogens is 321 g/mol. The fraction of sp³-hybridized carbons (Fsp3) is 0.300. The Morgan fingerprint density at radius 2 is 1.72 bits per heavy atom. The Hall–Kier alpha value is -2.69. The van der Waals surface area contributed by atoms with E-state index in [0.717, 1.165) is 11.1 Å². The fourth-order valence-corrected chi connectivity index (χ4v) is 2.59. The summed E-state index contributed by atoms with van der Waals surface area (Å²) in [6.45, 7) is 3.80. The summed E-state index contributed by atoms with van der Waals surface area (Å²) in [5.41, 5.74) is 2.70. The molecule has 0 bridgehead atoms. The summed E-state index contributed by atoms with van der Waals surface area (Å²) < 4.78 is 19.1. The van der Waals surface area contributed by atoms with Gasteiger partial charge in [0.25, 0.3) is 5.91 Å². The predicted molar refractivity (Wildman–Crippen MR) is 94.7 cm³/mol. The van der Waals surface area contributed by atoms with Crippen LogP contribution in [0.4, 0.5) is 4.39 Å². The minimum absolute atomic E-state index is 0.0181. The van der Waals surface area contributed by atoms with E-state index in [2.05, 4.69) is 4.74 Å².